The molecule has 0 aliphatic carbocycles. The van der Waals surface area contributed by atoms with Crippen LogP contribution in [0.2, 0.25) is 0 Å². The van der Waals surface area contributed by atoms with Gasteiger partial charge >= 0.3 is 0 Å². The highest BCUT2D eigenvalue weighted by atomic mass is 16.5. The minimum absolute atomic E-state index is 0.0401. The Kier molecular flexibility index (Phi) is 5.22. The van der Waals surface area contributed by atoms with Crippen molar-refractivity contribution in [2.24, 2.45) is 5.92 Å². The summed E-state index contributed by atoms with van der Waals surface area (Å²) in [6, 6.07) is 3.75. The van der Waals surface area contributed by atoms with Crippen molar-refractivity contribution in [3.8, 4) is 28.8 Å². The first kappa shape index (κ1) is 18.6. The molecular formula is C19H20N8O2. The van der Waals surface area contributed by atoms with Crippen LogP contribution >= 0.6 is 0 Å². The van der Waals surface area contributed by atoms with Gasteiger partial charge in [0.05, 0.1) is 43.2 Å². The second-order valence-electron chi connectivity index (χ2n) is 6.65. The molecule has 0 radical (unpaired) electrons. The van der Waals surface area contributed by atoms with Crippen LogP contribution in [0.15, 0.2) is 30.9 Å². The molecule has 3 aromatic rings. The van der Waals surface area contributed by atoms with Crippen LogP contribution in [0.5, 0.6) is 11.5 Å². The van der Waals surface area contributed by atoms with Crippen LogP contribution in [0.1, 0.15) is 12.6 Å². The Balaban J connectivity index is 1.59. The predicted octanol–water partition coefficient (Wildman–Crippen LogP) is 1.87. The summed E-state index contributed by atoms with van der Waals surface area (Å²) in [5.74, 6) is 2.68. The average molecular weight is 392 g/mol. The van der Waals surface area contributed by atoms with Crippen molar-refractivity contribution in [1.29, 1.82) is 5.26 Å². The highest BCUT2D eigenvalue weighted by molar-refractivity contribution is 5.75. The maximum Gasteiger partial charge on any atom is 0.158 e. The molecule has 1 atom stereocenters. The number of nitrogens with one attached hydrogen (secondary N) is 3. The van der Waals surface area contributed by atoms with Gasteiger partial charge in [-0.2, -0.15) is 10.4 Å². The molecular weight excluding hydrogens is 372 g/mol. The molecule has 10 heteroatoms. The molecule has 0 amide bonds. The van der Waals surface area contributed by atoms with Crippen molar-refractivity contribution in [2.45, 2.75) is 13.0 Å². The Bertz CT molecular complexity index is 1020. The van der Waals surface area contributed by atoms with E-state index in [1.807, 2.05) is 12.1 Å². The van der Waals surface area contributed by atoms with Gasteiger partial charge in [0, 0.05) is 25.1 Å². The largest absolute Gasteiger partial charge is 0.494 e. The summed E-state index contributed by atoms with van der Waals surface area (Å²) in [4.78, 5) is 12.4. The number of H-pyrrole nitrogens is 1. The molecule has 29 heavy (non-hydrogen) atoms. The van der Waals surface area contributed by atoms with E-state index in [0.29, 0.717) is 34.7 Å². The number of nitriles is 1. The lowest BCUT2D eigenvalue weighted by molar-refractivity contribution is 0.114. The summed E-state index contributed by atoms with van der Waals surface area (Å²) in [7, 11) is 1.59. The van der Waals surface area contributed by atoms with E-state index < -0.39 is 0 Å². The molecule has 0 unspecified atom stereocenters. The molecule has 0 bridgehead atoms. The summed E-state index contributed by atoms with van der Waals surface area (Å²) in [6.07, 6.45) is 6.23. The van der Waals surface area contributed by atoms with Crippen molar-refractivity contribution in [3.63, 3.8) is 0 Å². The van der Waals surface area contributed by atoms with E-state index in [0.717, 1.165) is 18.7 Å². The number of methoxy groups -OCH3 is 1. The SMILES string of the molecule is COc1cncc(O[C@H](C)C2CNC2)c1-c1cc(Nc2cnc(C#N)cn2)n[nH]1. The molecule has 1 fully saturated rings. The van der Waals surface area contributed by atoms with Crippen molar-refractivity contribution < 1.29 is 9.47 Å². The zero-order valence-corrected chi connectivity index (χ0v) is 16.0. The molecule has 0 aromatic carbocycles. The third-order valence-electron chi connectivity index (χ3n) is 4.76. The van der Waals surface area contributed by atoms with Crippen molar-refractivity contribution in [2.75, 3.05) is 25.5 Å². The lowest BCUT2D eigenvalue weighted by atomic mass is 9.97. The van der Waals surface area contributed by atoms with Crippen LogP contribution in [0, 0.1) is 17.2 Å². The van der Waals surface area contributed by atoms with Gasteiger partial charge in [-0.1, -0.05) is 0 Å². The number of aromatic amines is 1. The van der Waals surface area contributed by atoms with Crippen LogP contribution in [-0.4, -0.2) is 51.5 Å². The van der Waals surface area contributed by atoms with Crippen LogP contribution in [0.4, 0.5) is 11.6 Å². The van der Waals surface area contributed by atoms with Gasteiger partial charge in [-0.3, -0.25) is 10.1 Å². The molecule has 4 heterocycles. The number of aromatic nitrogens is 5. The van der Waals surface area contributed by atoms with E-state index >= 15 is 0 Å². The summed E-state index contributed by atoms with van der Waals surface area (Å²) in [5.41, 5.74) is 1.70. The molecule has 3 N–H and O–H groups in total. The van der Waals surface area contributed by atoms with E-state index in [9.17, 15) is 0 Å². The molecule has 148 valence electrons. The standard InChI is InChI=1S/C19H20N8O2/c1-11(12-5-21-6-12)29-16-9-22-8-15(28-2)19(16)14-3-17(27-26-14)25-18-10-23-13(4-20)7-24-18/h3,7-12,21H,5-6H2,1-2H3,(H2,24,25,26,27)/t11-/m1/s1. The topological polar surface area (TPSA) is 134 Å². The van der Waals surface area contributed by atoms with E-state index in [4.69, 9.17) is 14.7 Å². The first-order valence-corrected chi connectivity index (χ1v) is 9.12. The number of ether oxygens (including phenoxy) is 2. The van der Waals surface area contributed by atoms with Gasteiger partial charge in [0.2, 0.25) is 0 Å². The number of rotatable bonds is 7. The fourth-order valence-corrected chi connectivity index (χ4v) is 2.97. The van der Waals surface area contributed by atoms with Crippen LogP contribution in [-0.2, 0) is 0 Å². The Hall–Kier alpha value is -3.71. The predicted molar refractivity (Wildman–Crippen MR) is 105 cm³/mol. The minimum atomic E-state index is 0.0401. The zero-order chi connectivity index (χ0) is 20.2. The summed E-state index contributed by atoms with van der Waals surface area (Å²) < 4.78 is 11.7. The monoisotopic (exact) mass is 392 g/mol. The van der Waals surface area contributed by atoms with Gasteiger partial charge < -0.3 is 20.1 Å². The summed E-state index contributed by atoms with van der Waals surface area (Å²) >= 11 is 0. The Morgan fingerprint density at radius 1 is 1.17 bits per heavy atom. The summed E-state index contributed by atoms with van der Waals surface area (Å²) in [5, 5.41) is 22.4. The average Bonchev–Trinajstić information content (AvgIpc) is 3.15. The van der Waals surface area contributed by atoms with Crippen molar-refractivity contribution >= 4 is 11.6 Å². The van der Waals surface area contributed by atoms with E-state index in [2.05, 4.69) is 42.7 Å². The molecule has 3 aromatic heterocycles. The van der Waals surface area contributed by atoms with Gasteiger partial charge in [0.1, 0.15) is 23.7 Å². The van der Waals surface area contributed by atoms with Gasteiger partial charge in [-0.05, 0) is 6.92 Å². The highest BCUT2D eigenvalue weighted by Crippen LogP contribution is 2.38. The van der Waals surface area contributed by atoms with Crippen LogP contribution in [0.25, 0.3) is 11.3 Å². The third kappa shape index (κ3) is 3.95. The number of pyridine rings is 1. The molecule has 1 saturated heterocycles. The first-order valence-electron chi connectivity index (χ1n) is 9.12. The lowest BCUT2D eigenvalue weighted by Crippen LogP contribution is -2.49. The second-order valence-corrected chi connectivity index (χ2v) is 6.65. The second kappa shape index (κ2) is 8.12. The molecule has 1 aliphatic heterocycles. The van der Waals surface area contributed by atoms with E-state index in [-0.39, 0.29) is 11.8 Å². The van der Waals surface area contributed by atoms with Crippen molar-refractivity contribution in [1.82, 2.24) is 30.5 Å². The number of hydrogen-bond acceptors (Lipinski definition) is 9. The maximum absolute atomic E-state index is 8.82. The quantitative estimate of drug-likeness (QED) is 0.551. The molecule has 0 saturated carbocycles. The molecule has 1 aliphatic rings. The summed E-state index contributed by atoms with van der Waals surface area (Å²) in [6.45, 7) is 3.94. The Labute approximate surface area is 167 Å². The van der Waals surface area contributed by atoms with Crippen molar-refractivity contribution in [3.05, 3.63) is 36.5 Å². The van der Waals surface area contributed by atoms with E-state index in [1.54, 1.807) is 19.5 Å². The fraction of sp³-hybridized carbons (Fsp3) is 0.316. The molecule has 0 spiro atoms. The lowest BCUT2D eigenvalue weighted by Gasteiger charge is -2.33. The Morgan fingerprint density at radius 3 is 2.66 bits per heavy atom. The smallest absolute Gasteiger partial charge is 0.158 e. The Morgan fingerprint density at radius 2 is 2.00 bits per heavy atom. The van der Waals surface area contributed by atoms with Crippen LogP contribution < -0.4 is 20.1 Å². The normalized spacial score (nSPS) is 14.5. The molecule has 4 rings (SSSR count). The molecule has 10 nitrogen and oxygen atoms in total. The number of nitrogens with zero attached hydrogens (tertiary/aromatic N) is 5. The van der Waals surface area contributed by atoms with Gasteiger partial charge in [0.15, 0.2) is 17.3 Å². The zero-order valence-electron chi connectivity index (χ0n) is 16.0. The highest BCUT2D eigenvalue weighted by Gasteiger charge is 2.27. The minimum Gasteiger partial charge on any atom is -0.494 e. The maximum atomic E-state index is 8.82. The first-order chi connectivity index (χ1) is 14.2. The van der Waals surface area contributed by atoms with Gasteiger partial charge in [-0.15, -0.1) is 0 Å². The van der Waals surface area contributed by atoms with Crippen LogP contribution in [0.3, 0.4) is 0 Å². The van der Waals surface area contributed by atoms with Gasteiger partial charge in [0.25, 0.3) is 0 Å². The third-order valence-corrected chi connectivity index (χ3v) is 4.76. The van der Waals surface area contributed by atoms with Gasteiger partial charge in [-0.25, -0.2) is 9.97 Å². The van der Waals surface area contributed by atoms with E-state index in [1.165, 1.54) is 12.4 Å². The fourth-order valence-electron chi connectivity index (χ4n) is 2.97. The number of hydrogen-bond donors (Lipinski definition) is 3. The number of anilines is 2.